The number of para-hydroxylation sites is 1. The third-order valence-corrected chi connectivity index (χ3v) is 10.7. The van der Waals surface area contributed by atoms with Crippen LogP contribution in [0.3, 0.4) is 0 Å². The number of hydrogen-bond acceptors (Lipinski definition) is 10. The largest absolute Gasteiger partial charge is 0.508 e. The first-order valence-electron chi connectivity index (χ1n) is 20.6. The highest BCUT2D eigenvalue weighted by atomic mass is 32.1. The number of rotatable bonds is 24. The monoisotopic (exact) mass is 894 g/mol. The molecule has 0 aliphatic rings. The molecular formula is C44H54N12O7S. The van der Waals surface area contributed by atoms with E-state index in [1.807, 2.05) is 24.3 Å². The molecule has 14 N–H and O–H groups in total. The van der Waals surface area contributed by atoms with E-state index in [2.05, 4.69) is 59.5 Å². The van der Waals surface area contributed by atoms with Crippen molar-refractivity contribution in [2.75, 3.05) is 12.3 Å². The first kappa shape index (κ1) is 47.7. The van der Waals surface area contributed by atoms with Crippen LogP contribution in [0.5, 0.6) is 5.75 Å². The van der Waals surface area contributed by atoms with Crippen molar-refractivity contribution in [3.05, 3.63) is 120 Å². The average Bonchev–Trinajstić information content (AvgIpc) is 3.95. The number of aromatic hydroxyl groups is 1. The number of nitrogens with two attached hydrogens (primary N) is 2. The maximum Gasteiger partial charge on any atom is 0.244 e. The smallest absolute Gasteiger partial charge is 0.244 e. The summed E-state index contributed by atoms with van der Waals surface area (Å²) < 4.78 is 0. The zero-order valence-corrected chi connectivity index (χ0v) is 35.8. The minimum atomic E-state index is -1.27. The van der Waals surface area contributed by atoms with Gasteiger partial charge in [-0.15, -0.1) is 0 Å². The number of amides is 6. The van der Waals surface area contributed by atoms with Crippen molar-refractivity contribution in [1.82, 2.24) is 46.9 Å². The van der Waals surface area contributed by atoms with E-state index in [4.69, 9.17) is 16.9 Å². The van der Waals surface area contributed by atoms with Gasteiger partial charge in [0.1, 0.15) is 36.0 Å². The summed E-state index contributed by atoms with van der Waals surface area (Å²) in [7, 11) is 0. The zero-order valence-electron chi connectivity index (χ0n) is 34.9. The van der Waals surface area contributed by atoms with Gasteiger partial charge in [-0.05, 0) is 54.2 Å². The third kappa shape index (κ3) is 14.6. The highest BCUT2D eigenvalue weighted by molar-refractivity contribution is 7.80. The highest BCUT2D eigenvalue weighted by Crippen LogP contribution is 2.19. The average molecular weight is 895 g/mol. The normalized spacial score (nSPS) is 13.3. The lowest BCUT2D eigenvalue weighted by molar-refractivity contribution is -0.134. The summed E-state index contributed by atoms with van der Waals surface area (Å²) in [6, 6.07) is 16.6. The van der Waals surface area contributed by atoms with E-state index < -0.39 is 65.7 Å². The van der Waals surface area contributed by atoms with Gasteiger partial charge >= 0.3 is 0 Å². The fraction of sp³-hybridized carbons (Fsp3) is 0.318. The third-order valence-electron chi connectivity index (χ3n) is 10.3. The van der Waals surface area contributed by atoms with E-state index in [9.17, 15) is 33.9 Å². The molecule has 2 heterocycles. The molecule has 0 saturated carbocycles. The minimum absolute atomic E-state index is 0.00479. The van der Waals surface area contributed by atoms with Crippen LogP contribution in [0.25, 0.3) is 10.9 Å². The maximum atomic E-state index is 14.3. The summed E-state index contributed by atoms with van der Waals surface area (Å²) in [5, 5.41) is 34.2. The molecule has 0 radical (unpaired) electrons. The molecule has 0 spiro atoms. The van der Waals surface area contributed by atoms with Crippen LogP contribution in [0.15, 0.2) is 97.6 Å². The highest BCUT2D eigenvalue weighted by Gasteiger charge is 2.32. The van der Waals surface area contributed by atoms with Crippen molar-refractivity contribution in [3.63, 3.8) is 0 Å². The number of benzene rings is 3. The molecule has 0 saturated heterocycles. The number of phenols is 1. The number of nitrogens with one attached hydrogen (secondary N) is 9. The van der Waals surface area contributed by atoms with Crippen molar-refractivity contribution in [2.24, 2.45) is 11.5 Å². The molecule has 5 atom stereocenters. The Kier molecular flexibility index (Phi) is 17.7. The second-order valence-corrected chi connectivity index (χ2v) is 15.5. The van der Waals surface area contributed by atoms with Crippen LogP contribution >= 0.6 is 12.6 Å². The number of aryl methyl sites for hydroxylation is 1. The number of aromatic nitrogens is 3. The standard InChI is InChI=1S/C44H54N12O7S/c45-39(59)34(20-28-22-50-32-10-5-4-9-31(28)32)54-43(63)37(24-64)56-40(60)33(11-6-18-49-44(46)47)53-41(61)35(19-27-7-2-1-3-8-27)55-42(62)36(21-29-23-48-25-51-29)52-38(58)17-14-26-12-15-30(57)16-13-26/h1-5,7-10,12-13,15-16,22-23,25,33-37,50,57,64H,6,11,14,17-21,24H2,(H2,45,59)(H,48,51)(H,52,58)(H,53,61)(H,54,63)(H,55,62)(H,56,60)(H4,46,47,49)/t33-,34-,35+,36-,37-/m0/s1. The number of imidazole rings is 1. The summed E-state index contributed by atoms with van der Waals surface area (Å²) in [5.74, 6) is -4.56. The van der Waals surface area contributed by atoms with Crippen molar-refractivity contribution >= 4 is 64.9 Å². The quantitative estimate of drug-likeness (QED) is 0.0175. The van der Waals surface area contributed by atoms with Crippen molar-refractivity contribution in [3.8, 4) is 5.75 Å². The number of nitrogens with zero attached hydrogens (tertiary/aromatic N) is 1. The Labute approximate surface area is 374 Å². The fourth-order valence-corrected chi connectivity index (χ4v) is 7.15. The van der Waals surface area contributed by atoms with E-state index in [0.717, 1.165) is 22.0 Å². The van der Waals surface area contributed by atoms with E-state index in [1.165, 1.54) is 18.5 Å². The van der Waals surface area contributed by atoms with E-state index in [-0.39, 0.29) is 62.5 Å². The predicted molar refractivity (Wildman–Crippen MR) is 243 cm³/mol. The number of carbonyl (C=O) groups excluding carboxylic acids is 6. The maximum absolute atomic E-state index is 14.3. The lowest BCUT2D eigenvalue weighted by Crippen LogP contribution is -2.60. The molecule has 19 nitrogen and oxygen atoms in total. The first-order valence-corrected chi connectivity index (χ1v) is 21.3. The minimum Gasteiger partial charge on any atom is -0.508 e. The van der Waals surface area contributed by atoms with Crippen molar-refractivity contribution in [1.29, 1.82) is 5.41 Å². The van der Waals surface area contributed by atoms with Crippen LogP contribution in [0.4, 0.5) is 0 Å². The lowest BCUT2D eigenvalue weighted by Gasteiger charge is -2.27. The molecule has 6 amide bonds. The van der Waals surface area contributed by atoms with Gasteiger partial charge in [0.2, 0.25) is 35.4 Å². The van der Waals surface area contributed by atoms with Gasteiger partial charge in [0, 0.05) is 61.3 Å². The van der Waals surface area contributed by atoms with Gasteiger partial charge in [-0.3, -0.25) is 34.2 Å². The van der Waals surface area contributed by atoms with Gasteiger partial charge in [-0.2, -0.15) is 12.6 Å². The number of thiol groups is 1. The number of carbonyl (C=O) groups is 6. The summed E-state index contributed by atoms with van der Waals surface area (Å²) >= 11 is 4.30. The van der Waals surface area contributed by atoms with E-state index >= 15 is 0 Å². The van der Waals surface area contributed by atoms with Crippen molar-refractivity contribution < 1.29 is 33.9 Å². The number of H-pyrrole nitrogens is 2. The van der Waals surface area contributed by atoms with Crippen LogP contribution in [0, 0.1) is 5.41 Å². The Morgan fingerprint density at radius 3 is 2.00 bits per heavy atom. The first-order chi connectivity index (χ1) is 30.8. The van der Waals surface area contributed by atoms with Crippen LogP contribution < -0.4 is 43.4 Å². The fourth-order valence-electron chi connectivity index (χ4n) is 6.89. The number of guanidine groups is 1. The summed E-state index contributed by atoms with van der Waals surface area (Å²) in [5.41, 5.74) is 14.7. The molecule has 0 fully saturated rings. The molecule has 0 unspecified atom stereocenters. The van der Waals surface area contributed by atoms with Crippen LogP contribution in [-0.2, 0) is 54.5 Å². The Morgan fingerprint density at radius 1 is 0.703 bits per heavy atom. The molecular weight excluding hydrogens is 841 g/mol. The van der Waals surface area contributed by atoms with Crippen LogP contribution in [0.2, 0.25) is 0 Å². The van der Waals surface area contributed by atoms with Gasteiger partial charge in [-0.1, -0.05) is 60.7 Å². The van der Waals surface area contributed by atoms with Gasteiger partial charge in [0.25, 0.3) is 0 Å². The SMILES string of the molecule is N=C(N)NCCC[C@H](NC(=O)[C@@H](Cc1ccccc1)NC(=O)[C@H](Cc1c[nH]cn1)NC(=O)CCc1ccc(O)cc1)C(=O)N[C@@H](CS)C(=O)N[C@@H](Cc1c[nH]c2ccccc12)C(N)=O. The Balaban J connectivity index is 1.31. The van der Waals surface area contributed by atoms with Gasteiger partial charge in [-0.25, -0.2) is 4.98 Å². The molecule has 20 heteroatoms. The summed E-state index contributed by atoms with van der Waals surface area (Å²) in [6.45, 7) is 0.172. The van der Waals surface area contributed by atoms with Crippen molar-refractivity contribution in [2.45, 2.75) is 75.2 Å². The predicted octanol–water partition coefficient (Wildman–Crippen LogP) is 0.360. The van der Waals surface area contributed by atoms with Crippen LogP contribution in [-0.4, -0.2) is 104 Å². The second-order valence-electron chi connectivity index (χ2n) is 15.1. The molecule has 64 heavy (non-hydrogen) atoms. The Hall–Kier alpha value is -7.35. The molecule has 0 aliphatic carbocycles. The molecule has 2 aromatic heterocycles. The summed E-state index contributed by atoms with van der Waals surface area (Å²) in [6.07, 6.45) is 5.39. The number of hydrogen-bond donors (Lipinski definition) is 13. The topological polar surface area (TPSA) is 315 Å². The van der Waals surface area contributed by atoms with Gasteiger partial charge in [0.05, 0.1) is 12.0 Å². The van der Waals surface area contributed by atoms with Crippen LogP contribution in [0.1, 0.15) is 41.6 Å². The Bertz CT molecular complexity index is 2360. The number of primary amides is 1. The number of aromatic amines is 2. The Morgan fingerprint density at radius 2 is 1.33 bits per heavy atom. The lowest BCUT2D eigenvalue weighted by atomic mass is 10.0. The molecule has 338 valence electrons. The molecule has 3 aromatic carbocycles. The molecule has 5 aromatic rings. The van der Waals surface area contributed by atoms with E-state index in [0.29, 0.717) is 17.7 Å². The second kappa shape index (κ2) is 23.8. The molecule has 5 rings (SSSR count). The number of phenolic OH excluding ortho intramolecular Hbond substituents is 1. The summed E-state index contributed by atoms with van der Waals surface area (Å²) in [4.78, 5) is 91.9. The van der Waals surface area contributed by atoms with Gasteiger partial charge in [0.15, 0.2) is 5.96 Å². The zero-order chi connectivity index (χ0) is 46.0. The molecule has 0 aliphatic heterocycles. The number of fused-ring (bicyclic) bond motifs is 1. The molecule has 0 bridgehead atoms. The van der Waals surface area contributed by atoms with Gasteiger partial charge < -0.3 is 58.4 Å². The van der Waals surface area contributed by atoms with E-state index in [1.54, 1.807) is 54.9 Å².